The molecule has 0 unspecified atom stereocenters. The molecule has 1 N–H and O–H groups in total. The summed E-state index contributed by atoms with van der Waals surface area (Å²) in [5.74, 6) is -1.31. The zero-order valence-electron chi connectivity index (χ0n) is 11.6. The third-order valence-corrected chi connectivity index (χ3v) is 2.64. The molecule has 6 heteroatoms. The maximum Gasteiger partial charge on any atom is 0.328 e. The Bertz CT molecular complexity index is 500. The van der Waals surface area contributed by atoms with Crippen LogP contribution < -0.4 is 0 Å². The second-order valence-electron chi connectivity index (χ2n) is 4.19. The van der Waals surface area contributed by atoms with Gasteiger partial charge in [0.15, 0.2) is 0 Å². The van der Waals surface area contributed by atoms with Gasteiger partial charge < -0.3 is 14.7 Å². The van der Waals surface area contributed by atoms with Crippen molar-refractivity contribution in [3.05, 3.63) is 35.7 Å². The van der Waals surface area contributed by atoms with Crippen molar-refractivity contribution in [1.82, 2.24) is 9.88 Å². The lowest BCUT2D eigenvalue weighted by molar-refractivity contribution is -0.131. The third kappa shape index (κ3) is 4.81. The molecule has 1 rings (SSSR count). The van der Waals surface area contributed by atoms with Crippen molar-refractivity contribution in [2.45, 2.75) is 6.42 Å². The Morgan fingerprint density at radius 3 is 2.90 bits per heavy atom. The van der Waals surface area contributed by atoms with Crippen molar-refractivity contribution in [1.29, 1.82) is 0 Å². The van der Waals surface area contributed by atoms with E-state index in [0.717, 1.165) is 12.5 Å². The molecule has 1 amide bonds. The Balaban J connectivity index is 2.84. The number of carboxylic acid groups (broad SMARTS) is 1. The monoisotopic (exact) mass is 278 g/mol. The van der Waals surface area contributed by atoms with Gasteiger partial charge >= 0.3 is 5.97 Å². The van der Waals surface area contributed by atoms with E-state index in [1.54, 1.807) is 31.2 Å². The lowest BCUT2D eigenvalue weighted by Gasteiger charge is -2.17. The summed E-state index contributed by atoms with van der Waals surface area (Å²) in [7, 11) is 3.28. The molecule has 1 aromatic heterocycles. The second-order valence-corrected chi connectivity index (χ2v) is 4.19. The van der Waals surface area contributed by atoms with Crippen LogP contribution in [-0.2, 0) is 9.53 Å². The fourth-order valence-corrected chi connectivity index (χ4v) is 1.62. The molecule has 0 spiro atoms. The largest absolute Gasteiger partial charge is 0.478 e. The van der Waals surface area contributed by atoms with E-state index >= 15 is 0 Å². The van der Waals surface area contributed by atoms with Gasteiger partial charge in [0.1, 0.15) is 5.69 Å². The van der Waals surface area contributed by atoms with Crippen molar-refractivity contribution < 1.29 is 19.4 Å². The number of ether oxygens (including phenoxy) is 1. The third-order valence-electron chi connectivity index (χ3n) is 2.64. The summed E-state index contributed by atoms with van der Waals surface area (Å²) in [5, 5.41) is 8.64. The number of pyridine rings is 1. The van der Waals surface area contributed by atoms with Gasteiger partial charge in [-0.1, -0.05) is 6.07 Å². The first-order chi connectivity index (χ1) is 9.56. The summed E-state index contributed by atoms with van der Waals surface area (Å²) in [6, 6.07) is 3.31. The maximum atomic E-state index is 12.2. The van der Waals surface area contributed by atoms with Gasteiger partial charge in [-0.15, -0.1) is 0 Å². The smallest absolute Gasteiger partial charge is 0.328 e. The first-order valence-electron chi connectivity index (χ1n) is 6.16. The SMILES string of the molecule is COCCCN(C)C(=O)c1ncccc1/C=C/C(=O)O. The van der Waals surface area contributed by atoms with Crippen LogP contribution in [0.15, 0.2) is 24.4 Å². The number of rotatable bonds is 7. The molecule has 0 aliphatic rings. The second kappa shape index (κ2) is 8.06. The number of carboxylic acids is 1. The molecule has 1 heterocycles. The molecule has 0 aromatic carbocycles. The fourth-order valence-electron chi connectivity index (χ4n) is 1.62. The molecule has 0 fully saturated rings. The van der Waals surface area contributed by atoms with Gasteiger partial charge in [-0.25, -0.2) is 4.79 Å². The van der Waals surface area contributed by atoms with E-state index in [1.165, 1.54) is 12.3 Å². The summed E-state index contributed by atoms with van der Waals surface area (Å²) >= 11 is 0. The molecule has 0 atom stereocenters. The minimum Gasteiger partial charge on any atom is -0.478 e. The maximum absolute atomic E-state index is 12.2. The number of carbonyl (C=O) groups excluding carboxylic acids is 1. The van der Waals surface area contributed by atoms with E-state index in [9.17, 15) is 9.59 Å². The van der Waals surface area contributed by atoms with Gasteiger partial charge in [-0.2, -0.15) is 0 Å². The number of aromatic nitrogens is 1. The van der Waals surface area contributed by atoms with Crippen LogP contribution in [0.25, 0.3) is 6.08 Å². The molecule has 20 heavy (non-hydrogen) atoms. The number of nitrogens with zero attached hydrogens (tertiary/aromatic N) is 2. The van der Waals surface area contributed by atoms with Crippen LogP contribution in [0.4, 0.5) is 0 Å². The molecule has 0 bridgehead atoms. The van der Waals surface area contributed by atoms with Crippen molar-refractivity contribution in [2.75, 3.05) is 27.3 Å². The Hall–Kier alpha value is -2.21. The predicted octanol–water partition coefficient (Wildman–Crippen LogP) is 1.29. The normalized spacial score (nSPS) is 10.7. The van der Waals surface area contributed by atoms with Crippen LogP contribution in [0.5, 0.6) is 0 Å². The van der Waals surface area contributed by atoms with Gasteiger partial charge in [-0.05, 0) is 18.6 Å². The lowest BCUT2D eigenvalue weighted by atomic mass is 10.1. The molecule has 6 nitrogen and oxygen atoms in total. The Labute approximate surface area is 117 Å². The summed E-state index contributed by atoms with van der Waals surface area (Å²) in [4.78, 5) is 28.4. The Morgan fingerprint density at radius 1 is 1.50 bits per heavy atom. The fraction of sp³-hybridized carbons (Fsp3) is 0.357. The molecule has 1 aromatic rings. The average molecular weight is 278 g/mol. The molecule has 0 aliphatic heterocycles. The molecule has 0 radical (unpaired) electrons. The van der Waals surface area contributed by atoms with Crippen LogP contribution in [0.1, 0.15) is 22.5 Å². The zero-order valence-corrected chi connectivity index (χ0v) is 11.6. The van der Waals surface area contributed by atoms with Crippen molar-refractivity contribution in [2.24, 2.45) is 0 Å². The first kappa shape index (κ1) is 15.8. The Morgan fingerprint density at radius 2 is 2.25 bits per heavy atom. The van der Waals surface area contributed by atoms with Gasteiger partial charge in [0.05, 0.1) is 0 Å². The molecule has 0 saturated carbocycles. The highest BCUT2D eigenvalue weighted by Gasteiger charge is 2.15. The quantitative estimate of drug-likeness (QED) is 0.600. The molecule has 0 saturated heterocycles. The minimum absolute atomic E-state index is 0.241. The van der Waals surface area contributed by atoms with Gasteiger partial charge in [-0.3, -0.25) is 9.78 Å². The van der Waals surface area contributed by atoms with Crippen molar-refractivity contribution in [3.8, 4) is 0 Å². The number of methoxy groups -OCH3 is 1. The van der Waals surface area contributed by atoms with Crippen LogP contribution >= 0.6 is 0 Å². The van der Waals surface area contributed by atoms with E-state index in [4.69, 9.17) is 9.84 Å². The minimum atomic E-state index is -1.07. The molecular weight excluding hydrogens is 260 g/mol. The van der Waals surface area contributed by atoms with E-state index in [1.807, 2.05) is 0 Å². The van der Waals surface area contributed by atoms with Crippen LogP contribution in [0, 0.1) is 0 Å². The summed E-state index contributed by atoms with van der Waals surface area (Å²) < 4.78 is 4.94. The highest BCUT2D eigenvalue weighted by Crippen LogP contribution is 2.10. The van der Waals surface area contributed by atoms with E-state index in [0.29, 0.717) is 18.7 Å². The van der Waals surface area contributed by atoms with E-state index in [2.05, 4.69) is 4.98 Å². The van der Waals surface area contributed by atoms with Crippen LogP contribution in [0.3, 0.4) is 0 Å². The standard InChI is InChI=1S/C14H18N2O4/c1-16(9-4-10-20-2)14(19)13-11(5-3-8-15-13)6-7-12(17)18/h3,5-8H,4,9-10H2,1-2H3,(H,17,18)/b7-6+. The van der Waals surface area contributed by atoms with Crippen molar-refractivity contribution >= 4 is 18.0 Å². The summed E-state index contributed by atoms with van der Waals surface area (Å²) in [6.45, 7) is 1.12. The number of aliphatic carboxylic acids is 1. The number of hydrogen-bond donors (Lipinski definition) is 1. The summed E-state index contributed by atoms with van der Waals surface area (Å²) in [5.41, 5.74) is 0.725. The first-order valence-corrected chi connectivity index (χ1v) is 6.16. The van der Waals surface area contributed by atoms with Crippen LogP contribution in [-0.4, -0.2) is 54.2 Å². The predicted molar refractivity (Wildman–Crippen MR) is 74.4 cm³/mol. The highest BCUT2D eigenvalue weighted by atomic mass is 16.5. The summed E-state index contributed by atoms with van der Waals surface area (Å²) in [6.07, 6.45) is 4.59. The van der Waals surface area contributed by atoms with Crippen LogP contribution in [0.2, 0.25) is 0 Å². The van der Waals surface area contributed by atoms with Crippen molar-refractivity contribution in [3.63, 3.8) is 0 Å². The molecular formula is C14H18N2O4. The topological polar surface area (TPSA) is 79.7 Å². The lowest BCUT2D eigenvalue weighted by Crippen LogP contribution is -2.29. The molecule has 0 aliphatic carbocycles. The Kier molecular flexibility index (Phi) is 6.39. The van der Waals surface area contributed by atoms with Gasteiger partial charge in [0, 0.05) is 45.1 Å². The number of hydrogen-bond acceptors (Lipinski definition) is 4. The van der Waals surface area contributed by atoms with E-state index < -0.39 is 5.97 Å². The van der Waals surface area contributed by atoms with Gasteiger partial charge in [0.25, 0.3) is 5.91 Å². The van der Waals surface area contributed by atoms with E-state index in [-0.39, 0.29) is 11.6 Å². The van der Waals surface area contributed by atoms with Gasteiger partial charge in [0.2, 0.25) is 0 Å². The average Bonchev–Trinajstić information content (AvgIpc) is 2.44. The highest BCUT2D eigenvalue weighted by molar-refractivity contribution is 5.97. The number of amides is 1. The number of carbonyl (C=O) groups is 2. The molecule has 108 valence electrons. The zero-order chi connectivity index (χ0) is 15.0.